The van der Waals surface area contributed by atoms with Gasteiger partial charge in [0, 0.05) is 24.6 Å². The smallest absolute Gasteiger partial charge is 0.189 e. The molecule has 6 nitrogen and oxygen atoms in total. The third-order valence-corrected chi connectivity index (χ3v) is 3.47. The summed E-state index contributed by atoms with van der Waals surface area (Å²) in [6, 6.07) is 0. The van der Waals surface area contributed by atoms with E-state index in [0.29, 0.717) is 16.5 Å². The summed E-state index contributed by atoms with van der Waals surface area (Å²) in [5.74, 6) is 0.506. The van der Waals surface area contributed by atoms with E-state index in [1.54, 1.807) is 0 Å². The van der Waals surface area contributed by atoms with Crippen molar-refractivity contribution in [2.45, 2.75) is 11.8 Å². The molecular weight excluding hydrogens is 262 g/mol. The first-order chi connectivity index (χ1) is 7.96. The van der Waals surface area contributed by atoms with Gasteiger partial charge >= 0.3 is 0 Å². The Morgan fingerprint density at radius 1 is 1.53 bits per heavy atom. The van der Waals surface area contributed by atoms with Gasteiger partial charge in [0.05, 0.1) is 12.4 Å². The molecule has 0 unspecified atom stereocenters. The van der Waals surface area contributed by atoms with Gasteiger partial charge in [-0.3, -0.25) is 0 Å². The zero-order valence-electron chi connectivity index (χ0n) is 9.67. The van der Waals surface area contributed by atoms with Gasteiger partial charge in [-0.1, -0.05) is 11.8 Å². The van der Waals surface area contributed by atoms with E-state index in [0.717, 1.165) is 0 Å². The van der Waals surface area contributed by atoms with Crippen molar-refractivity contribution < 1.29 is 13.5 Å². The van der Waals surface area contributed by atoms with Crippen LogP contribution in [-0.4, -0.2) is 48.3 Å². The highest BCUT2D eigenvalue weighted by Gasteiger charge is 2.07. The van der Waals surface area contributed by atoms with Crippen LogP contribution in [0.15, 0.2) is 11.4 Å². The van der Waals surface area contributed by atoms with Gasteiger partial charge in [0.2, 0.25) is 0 Å². The summed E-state index contributed by atoms with van der Waals surface area (Å²) in [7, 11) is -3.00. The molecule has 0 radical (unpaired) electrons. The van der Waals surface area contributed by atoms with Gasteiger partial charge in [0.25, 0.3) is 0 Å². The molecule has 96 valence electrons. The Morgan fingerprint density at radius 3 is 2.76 bits per heavy atom. The number of nitrogens with zero attached hydrogens (tertiary/aromatic N) is 2. The van der Waals surface area contributed by atoms with Crippen molar-refractivity contribution in [1.29, 1.82) is 0 Å². The summed E-state index contributed by atoms with van der Waals surface area (Å²) < 4.78 is 21.9. The van der Waals surface area contributed by atoms with Crippen LogP contribution in [-0.2, 0) is 16.4 Å². The lowest BCUT2D eigenvalue weighted by molar-refractivity contribution is 0.281. The first kappa shape index (κ1) is 14.2. The lowest BCUT2D eigenvalue weighted by Gasteiger charge is -2.09. The molecule has 0 bridgehead atoms. The normalized spacial score (nSPS) is 11.5. The molecule has 1 heterocycles. The molecule has 0 saturated carbocycles. The molecule has 1 aromatic heterocycles. The molecule has 0 aliphatic heterocycles. The zero-order chi connectivity index (χ0) is 12.9. The fourth-order valence-corrected chi connectivity index (χ4v) is 1.93. The highest BCUT2D eigenvalue weighted by atomic mass is 32.2. The van der Waals surface area contributed by atoms with Gasteiger partial charge in [-0.25, -0.2) is 18.4 Å². The summed E-state index contributed by atoms with van der Waals surface area (Å²) in [6.07, 6.45) is 4.55. The van der Waals surface area contributed by atoms with E-state index < -0.39 is 9.84 Å². The minimum Gasteiger partial charge on any atom is -0.391 e. The van der Waals surface area contributed by atoms with Gasteiger partial charge in [0.15, 0.2) is 5.16 Å². The quantitative estimate of drug-likeness (QED) is 0.564. The maximum Gasteiger partial charge on any atom is 0.189 e. The summed E-state index contributed by atoms with van der Waals surface area (Å²) in [5.41, 5.74) is 0.552. The maximum atomic E-state index is 11.0. The lowest BCUT2D eigenvalue weighted by atomic mass is 10.3. The average molecular weight is 277 g/mol. The van der Waals surface area contributed by atoms with Crippen molar-refractivity contribution in [1.82, 2.24) is 9.97 Å². The number of hydrogen-bond donors (Lipinski definition) is 2. The topological polar surface area (TPSA) is 92.2 Å². The van der Waals surface area contributed by atoms with Crippen LogP contribution in [0.4, 0.5) is 5.82 Å². The largest absolute Gasteiger partial charge is 0.391 e. The first-order valence-corrected chi connectivity index (χ1v) is 8.17. The van der Waals surface area contributed by atoms with Crippen LogP contribution in [0.1, 0.15) is 5.56 Å². The van der Waals surface area contributed by atoms with Crippen LogP contribution in [0.25, 0.3) is 0 Å². The van der Waals surface area contributed by atoms with Gasteiger partial charge < -0.3 is 10.4 Å². The number of aliphatic hydroxyl groups is 1. The molecule has 0 aliphatic carbocycles. The molecular formula is C9H15N3O3S2. The second-order valence-electron chi connectivity index (χ2n) is 3.45. The second kappa shape index (κ2) is 6.18. The standard InChI is InChI=1S/C9H15N3O3S2/c1-16-9-11-5-7(6-13)8(12-9)10-3-4-17(2,14)15/h5,13H,3-4,6H2,1-2H3,(H,10,11,12). The van der Waals surface area contributed by atoms with Gasteiger partial charge in [-0.05, 0) is 6.26 Å². The van der Waals surface area contributed by atoms with Gasteiger partial charge in [-0.15, -0.1) is 0 Å². The highest BCUT2D eigenvalue weighted by molar-refractivity contribution is 7.98. The molecule has 0 spiro atoms. The summed E-state index contributed by atoms with van der Waals surface area (Å²) in [6.45, 7) is 0.0759. The van der Waals surface area contributed by atoms with E-state index in [2.05, 4.69) is 15.3 Å². The summed E-state index contributed by atoms with van der Waals surface area (Å²) >= 11 is 1.38. The molecule has 0 atom stereocenters. The van der Waals surface area contributed by atoms with Crippen LogP contribution in [0.5, 0.6) is 0 Å². The fourth-order valence-electron chi connectivity index (χ4n) is 1.11. The van der Waals surface area contributed by atoms with E-state index in [4.69, 9.17) is 5.11 Å². The third kappa shape index (κ3) is 4.88. The van der Waals surface area contributed by atoms with Crippen LogP contribution in [0.2, 0.25) is 0 Å². The SMILES string of the molecule is CSc1ncc(CO)c(NCCS(C)(=O)=O)n1. The number of sulfone groups is 1. The Balaban J connectivity index is 2.74. The molecule has 2 N–H and O–H groups in total. The van der Waals surface area contributed by atoms with Crippen LogP contribution in [0, 0.1) is 0 Å². The molecule has 1 aromatic rings. The Labute approximate surface area is 105 Å². The number of hydrogen-bond acceptors (Lipinski definition) is 7. The average Bonchev–Trinajstić information content (AvgIpc) is 2.27. The molecule has 1 rings (SSSR count). The molecule has 0 aromatic carbocycles. The third-order valence-electron chi connectivity index (χ3n) is 1.96. The Morgan fingerprint density at radius 2 is 2.24 bits per heavy atom. The Bertz CT molecular complexity index is 476. The number of anilines is 1. The van der Waals surface area contributed by atoms with Crippen molar-refractivity contribution in [3.63, 3.8) is 0 Å². The molecule has 8 heteroatoms. The van der Waals surface area contributed by atoms with Crippen molar-refractivity contribution in [2.24, 2.45) is 0 Å². The molecule has 0 saturated heterocycles. The first-order valence-electron chi connectivity index (χ1n) is 4.88. The van der Waals surface area contributed by atoms with Gasteiger partial charge in [0.1, 0.15) is 15.7 Å². The number of aliphatic hydroxyl groups excluding tert-OH is 1. The molecule has 0 aliphatic rings. The minimum atomic E-state index is -3.00. The monoisotopic (exact) mass is 277 g/mol. The predicted molar refractivity (Wildman–Crippen MR) is 67.9 cm³/mol. The number of aromatic nitrogens is 2. The Kier molecular flexibility index (Phi) is 5.16. The van der Waals surface area contributed by atoms with Crippen LogP contribution in [0.3, 0.4) is 0 Å². The molecule has 17 heavy (non-hydrogen) atoms. The highest BCUT2D eigenvalue weighted by Crippen LogP contribution is 2.16. The summed E-state index contributed by atoms with van der Waals surface area (Å²) in [4.78, 5) is 8.19. The zero-order valence-corrected chi connectivity index (χ0v) is 11.3. The van der Waals surface area contributed by atoms with Crippen molar-refractivity contribution in [2.75, 3.05) is 30.1 Å². The van der Waals surface area contributed by atoms with Crippen molar-refractivity contribution in [3.05, 3.63) is 11.8 Å². The number of nitrogens with one attached hydrogen (secondary N) is 1. The van der Waals surface area contributed by atoms with Gasteiger partial charge in [-0.2, -0.15) is 0 Å². The van der Waals surface area contributed by atoms with E-state index in [-0.39, 0.29) is 18.9 Å². The van der Waals surface area contributed by atoms with E-state index >= 15 is 0 Å². The Hall–Kier alpha value is -0.860. The number of rotatable bonds is 6. The number of thioether (sulfide) groups is 1. The van der Waals surface area contributed by atoms with Crippen LogP contribution >= 0.6 is 11.8 Å². The van der Waals surface area contributed by atoms with E-state index in [1.807, 2.05) is 6.26 Å². The molecule has 0 amide bonds. The van der Waals surface area contributed by atoms with E-state index in [9.17, 15) is 8.42 Å². The lowest BCUT2D eigenvalue weighted by Crippen LogP contribution is -2.16. The van der Waals surface area contributed by atoms with Crippen molar-refractivity contribution >= 4 is 27.4 Å². The van der Waals surface area contributed by atoms with E-state index in [1.165, 1.54) is 24.2 Å². The fraction of sp³-hybridized carbons (Fsp3) is 0.556. The maximum absolute atomic E-state index is 11.0. The summed E-state index contributed by atoms with van der Waals surface area (Å²) in [5, 5.41) is 12.6. The minimum absolute atomic E-state index is 0.0243. The van der Waals surface area contributed by atoms with Crippen molar-refractivity contribution in [3.8, 4) is 0 Å². The second-order valence-corrected chi connectivity index (χ2v) is 6.48. The molecule has 0 fully saturated rings. The predicted octanol–water partition coefficient (Wildman–Crippen LogP) is 0.147. The van der Waals surface area contributed by atoms with Crippen LogP contribution < -0.4 is 5.32 Å².